The lowest BCUT2D eigenvalue weighted by atomic mass is 9.78. The van der Waals surface area contributed by atoms with Gasteiger partial charge in [-0.1, -0.05) is 73.2 Å². The Morgan fingerprint density at radius 1 is 0.988 bits per heavy atom. The molecule has 418 valence electrons. The molecule has 3 aromatic heterocycles. The van der Waals surface area contributed by atoms with E-state index in [1.807, 2.05) is 94.2 Å². The average Bonchev–Trinajstić information content (AvgIpc) is 4.10. The van der Waals surface area contributed by atoms with Crippen LogP contribution in [0.5, 0.6) is 0 Å². The Hall–Kier alpha value is -7.23. The minimum absolute atomic E-state index is 0.0881. The number of benzene rings is 3. The van der Waals surface area contributed by atoms with E-state index in [-0.39, 0.29) is 55.5 Å². The number of rotatable bonds is 18. The fraction of sp³-hybridized carbons (Fsp3) is 0.467. The Labute approximate surface area is 464 Å². The fourth-order valence-corrected chi connectivity index (χ4v) is 12.6. The maximum absolute atomic E-state index is 16.1. The van der Waals surface area contributed by atoms with Crippen molar-refractivity contribution >= 4 is 34.2 Å². The molecule has 7 heterocycles. The van der Waals surface area contributed by atoms with Crippen molar-refractivity contribution in [1.29, 1.82) is 0 Å². The topological polar surface area (TPSA) is 226 Å². The number of H-pyrrole nitrogens is 1. The first-order chi connectivity index (χ1) is 38.8. The average molecular weight is 1090 g/mol. The number of aliphatic imine (C=N–C) groups is 2. The van der Waals surface area contributed by atoms with E-state index in [1.54, 1.807) is 30.4 Å². The van der Waals surface area contributed by atoms with Crippen LogP contribution in [0.4, 0.5) is 4.39 Å². The van der Waals surface area contributed by atoms with Crippen molar-refractivity contribution in [2.45, 2.75) is 122 Å². The number of nitrogens with one attached hydrogen (secondary N) is 3. The zero-order valence-corrected chi connectivity index (χ0v) is 46.1. The van der Waals surface area contributed by atoms with Crippen molar-refractivity contribution in [3.8, 4) is 22.5 Å². The normalized spacial score (nSPS) is 22.6. The lowest BCUT2D eigenvalue weighted by Gasteiger charge is -2.39. The summed E-state index contributed by atoms with van der Waals surface area (Å²) < 4.78 is 36.9. The molecule has 20 heteroatoms. The van der Waals surface area contributed by atoms with Crippen LogP contribution in [0.3, 0.4) is 0 Å². The highest BCUT2D eigenvalue weighted by Crippen LogP contribution is 2.53. The highest BCUT2D eigenvalue weighted by atomic mass is 19.1. The molecule has 4 aliphatic heterocycles. The van der Waals surface area contributed by atoms with Crippen LogP contribution >= 0.6 is 0 Å². The van der Waals surface area contributed by atoms with Gasteiger partial charge in [0, 0.05) is 78.9 Å². The lowest BCUT2D eigenvalue weighted by molar-refractivity contribution is -0.133. The number of hydrogen-bond acceptors (Lipinski definition) is 16. The van der Waals surface area contributed by atoms with Crippen molar-refractivity contribution in [3.63, 3.8) is 0 Å². The number of likely N-dealkylation sites (tertiary alicyclic amines) is 2. The molecule has 5 N–H and O–H groups in total. The summed E-state index contributed by atoms with van der Waals surface area (Å²) >= 11 is 0. The molecular weight excluding hydrogens is 1020 g/mol. The summed E-state index contributed by atoms with van der Waals surface area (Å²) in [5, 5.41) is 46.7. The van der Waals surface area contributed by atoms with Gasteiger partial charge in [-0.3, -0.25) is 24.8 Å². The number of allylic oxidation sites excluding steroid dienone is 2. The summed E-state index contributed by atoms with van der Waals surface area (Å²) in [5.41, 5.74) is 10.2. The third-order valence-corrected chi connectivity index (χ3v) is 17.1. The van der Waals surface area contributed by atoms with Crippen LogP contribution < -0.4 is 10.6 Å². The molecule has 80 heavy (non-hydrogen) atoms. The molecule has 0 spiro atoms. The number of methoxy groups -OCH3 is 1. The van der Waals surface area contributed by atoms with E-state index >= 15 is 4.39 Å². The van der Waals surface area contributed by atoms with Gasteiger partial charge in [-0.25, -0.2) is 9.07 Å². The number of hydrogen-bond donors (Lipinski definition) is 5. The van der Waals surface area contributed by atoms with Gasteiger partial charge in [0.15, 0.2) is 0 Å². The van der Waals surface area contributed by atoms with Gasteiger partial charge < -0.3 is 40.0 Å². The van der Waals surface area contributed by atoms with Gasteiger partial charge >= 0.3 is 6.02 Å². The number of amidine groups is 2. The Morgan fingerprint density at radius 3 is 2.49 bits per heavy atom. The van der Waals surface area contributed by atoms with Crippen LogP contribution in [0.2, 0.25) is 0 Å². The molecule has 3 aromatic carbocycles. The molecule has 2 unspecified atom stereocenters. The van der Waals surface area contributed by atoms with Crippen molar-refractivity contribution in [2.24, 2.45) is 27.7 Å². The number of aliphatic hydroxyl groups is 2. The Balaban J connectivity index is 0.797. The molecule has 0 radical (unpaired) electrons. The van der Waals surface area contributed by atoms with Gasteiger partial charge in [0.1, 0.15) is 42.5 Å². The summed E-state index contributed by atoms with van der Waals surface area (Å²) in [6.45, 7) is 12.1. The summed E-state index contributed by atoms with van der Waals surface area (Å²) in [4.78, 5) is 37.5. The van der Waals surface area contributed by atoms with Crippen molar-refractivity contribution in [2.75, 3.05) is 40.0 Å². The number of aryl methyl sites for hydroxylation is 1. The number of aromatic amines is 1. The van der Waals surface area contributed by atoms with Crippen molar-refractivity contribution in [3.05, 3.63) is 130 Å². The van der Waals surface area contributed by atoms with Crippen LogP contribution in [-0.4, -0.2) is 143 Å². The second-order valence-corrected chi connectivity index (χ2v) is 22.7. The number of piperazine rings is 1. The van der Waals surface area contributed by atoms with E-state index in [9.17, 15) is 15.0 Å². The maximum atomic E-state index is 16.1. The molecule has 19 nitrogen and oxygen atoms in total. The van der Waals surface area contributed by atoms with E-state index < -0.39 is 24.4 Å². The van der Waals surface area contributed by atoms with Crippen LogP contribution in [-0.2, 0) is 25.6 Å². The largest absolute Gasteiger partial charge is 0.486 e. The zero-order chi connectivity index (χ0) is 55.3. The third kappa shape index (κ3) is 10.3. The van der Waals surface area contributed by atoms with Gasteiger partial charge in [0.2, 0.25) is 5.91 Å². The predicted molar refractivity (Wildman–Crippen MR) is 300 cm³/mol. The molecular formula is C60H70FN13O6. The zero-order valence-electron chi connectivity index (χ0n) is 46.1. The Kier molecular flexibility index (Phi) is 14.9. The van der Waals surface area contributed by atoms with E-state index in [2.05, 4.69) is 46.0 Å². The van der Waals surface area contributed by atoms with Gasteiger partial charge in [-0.2, -0.15) is 15.1 Å². The second kappa shape index (κ2) is 22.4. The Bertz CT molecular complexity index is 3400. The number of aliphatic hydroxyl groups excluding tert-OH is 2. The summed E-state index contributed by atoms with van der Waals surface area (Å²) in [6, 6.07) is 16.2. The molecule has 4 fully saturated rings. The molecule has 8 atom stereocenters. The molecule has 3 saturated heterocycles. The maximum Gasteiger partial charge on any atom is 0.318 e. The number of amides is 1. The van der Waals surface area contributed by atoms with Gasteiger partial charge in [-0.15, -0.1) is 5.10 Å². The molecule has 1 saturated carbocycles. The van der Waals surface area contributed by atoms with Gasteiger partial charge in [-0.05, 0) is 93.9 Å². The van der Waals surface area contributed by atoms with Crippen molar-refractivity contribution < 1.29 is 33.6 Å². The standard InChI is InChI=1S/C60H70FN13O6/c1-32(2)55(59(77)72-21-7-8-50(72)58(76)66-49(29-75)39-15-17-40(18-16-39)53-35(5)62-19-20-63-53)74-28-48(70-71-74)38-11-9-36(10-12-38)31-79-56-52(51-34(4)46(61)24-47-45(51)26-65-69-47)43(37-13-14-37)23-44-54(56)67-60(80-30-33(3)78-6)68-57(44)73-27-41-22-42(73)25-64-41/h9-12,15-20,24,26,28,32-33,37,41-42,44,49-50,55,59,64,75,77H,7-8,13-14,21-23,25,27,29-31H2,1-6H3,(H,65,69)(H,66,76)/t33-,41-,42-,44?,49-,50-,55-,59?/m0/s1. The summed E-state index contributed by atoms with van der Waals surface area (Å²) in [6.07, 6.45) is 10.7. The number of halogens is 1. The highest BCUT2D eigenvalue weighted by Gasteiger charge is 2.48. The third-order valence-electron chi connectivity index (χ3n) is 17.1. The number of ether oxygens (including phenoxy) is 3. The highest BCUT2D eigenvalue weighted by molar-refractivity contribution is 6.04. The number of nitrogens with zero attached hydrogens (tertiary/aromatic N) is 10. The smallest absolute Gasteiger partial charge is 0.318 e. The molecule has 12 rings (SSSR count). The lowest BCUT2D eigenvalue weighted by Crippen LogP contribution is -2.52. The quantitative estimate of drug-likeness (QED) is 0.0568. The number of aromatic nitrogens is 7. The predicted octanol–water partition coefficient (Wildman–Crippen LogP) is 7.34. The molecule has 6 aromatic rings. The van der Waals surface area contributed by atoms with Crippen molar-refractivity contribution in [1.82, 2.24) is 55.6 Å². The fourth-order valence-electron chi connectivity index (χ4n) is 12.6. The molecule has 6 aliphatic rings. The van der Waals surface area contributed by atoms with Crippen LogP contribution in [0.25, 0.3) is 39.0 Å². The van der Waals surface area contributed by atoms with Crippen LogP contribution in [0.15, 0.2) is 106 Å². The summed E-state index contributed by atoms with van der Waals surface area (Å²) in [5.74, 6) is 0.940. The second-order valence-electron chi connectivity index (χ2n) is 22.7. The first-order valence-electron chi connectivity index (χ1n) is 28.2. The minimum atomic E-state index is -1.06. The molecule has 2 aliphatic carbocycles. The summed E-state index contributed by atoms with van der Waals surface area (Å²) in [7, 11) is 1.65. The monoisotopic (exact) mass is 1090 g/mol. The molecule has 2 bridgehead atoms. The molecule has 1 amide bonds. The van der Waals surface area contributed by atoms with E-state index in [1.165, 1.54) is 11.6 Å². The number of carbonyl (C=O) groups is 1. The first kappa shape index (κ1) is 53.4. The van der Waals surface area contributed by atoms with Crippen LogP contribution in [0.1, 0.15) is 99.3 Å². The Morgan fingerprint density at radius 2 is 1.77 bits per heavy atom. The van der Waals surface area contributed by atoms with E-state index in [0.717, 1.165) is 94.8 Å². The minimum Gasteiger partial charge on any atom is -0.486 e. The number of fused-ring (bicyclic) bond motifs is 4. The van der Waals surface area contributed by atoms with Gasteiger partial charge in [0.25, 0.3) is 0 Å². The van der Waals surface area contributed by atoms with Crippen LogP contribution in [0, 0.1) is 37.4 Å². The SMILES string of the molecule is CO[C@@H](C)COC1=NC2=C(OCc3ccc(-c4cn([C@@H](C(C)C)C(O)N5CCC[C@H]5C(=O)N[C@@H](CO)c5ccc(-c6nccnc6C)cc5)nn4)cc3)C(c3c(C)c(F)cc4[nH]ncc34)=C(C3CC3)CC2C(N2C[C@@H]3C[C@H]2CN3)=N1. The van der Waals surface area contributed by atoms with Gasteiger partial charge in [0.05, 0.1) is 71.7 Å². The first-order valence-corrected chi connectivity index (χ1v) is 28.2. The van der Waals surface area contributed by atoms with E-state index in [0.29, 0.717) is 65.6 Å². The number of carbonyl (C=O) groups excluding carboxylic acids is 1. The van der Waals surface area contributed by atoms with E-state index in [4.69, 9.17) is 24.2 Å².